The van der Waals surface area contributed by atoms with Crippen LogP contribution >= 0.6 is 11.8 Å². The van der Waals surface area contributed by atoms with E-state index in [1.165, 1.54) is 50.6 Å². The van der Waals surface area contributed by atoms with Crippen molar-refractivity contribution >= 4 is 23.6 Å². The average Bonchev–Trinajstić information content (AvgIpc) is 3.67. The number of allylic oxidation sites excluding steroid dienone is 2. The second-order valence-electron chi connectivity index (χ2n) is 8.66. The number of aromatic nitrogens is 3. The molecule has 0 unspecified atom stereocenters. The van der Waals surface area contributed by atoms with Gasteiger partial charge in [0.05, 0.1) is 5.75 Å². The number of amides is 1. The third kappa shape index (κ3) is 3.95. The first-order valence-corrected chi connectivity index (χ1v) is 12.1. The van der Waals surface area contributed by atoms with Crippen LogP contribution in [0.25, 0.3) is 0 Å². The first-order chi connectivity index (χ1) is 13.8. The molecule has 152 valence electrons. The van der Waals surface area contributed by atoms with Gasteiger partial charge in [0.25, 0.3) is 0 Å². The Morgan fingerprint density at radius 1 is 1.07 bits per heavy atom. The molecule has 0 aromatic carbocycles. The minimum absolute atomic E-state index is 0.255. The van der Waals surface area contributed by atoms with E-state index in [1.807, 2.05) is 0 Å². The third-order valence-corrected chi connectivity index (χ3v) is 7.21. The summed E-state index contributed by atoms with van der Waals surface area (Å²) < 4.78 is 2.32. The second kappa shape index (κ2) is 8.09. The lowest BCUT2D eigenvalue weighted by molar-refractivity contribution is -0.127. The molecule has 0 bridgehead atoms. The van der Waals surface area contributed by atoms with Crippen LogP contribution in [0.15, 0.2) is 16.9 Å². The van der Waals surface area contributed by atoms with Crippen LogP contribution in [0, 0.1) is 0 Å². The summed E-state index contributed by atoms with van der Waals surface area (Å²) in [6, 6.07) is 0.979. The maximum Gasteiger partial charge on any atom is 0.237 e. The van der Waals surface area contributed by atoms with E-state index in [9.17, 15) is 4.79 Å². The highest BCUT2D eigenvalue weighted by molar-refractivity contribution is 7.99. The van der Waals surface area contributed by atoms with E-state index in [2.05, 4.69) is 30.6 Å². The maximum absolute atomic E-state index is 13.1. The Kier molecular flexibility index (Phi) is 5.35. The maximum atomic E-state index is 13.1. The molecule has 6 nitrogen and oxygen atoms in total. The van der Waals surface area contributed by atoms with Crippen LogP contribution in [0.1, 0.15) is 76.7 Å². The Hall–Kier alpha value is -1.50. The smallest absolute Gasteiger partial charge is 0.237 e. The molecule has 1 amide bonds. The van der Waals surface area contributed by atoms with Gasteiger partial charge < -0.3 is 9.80 Å². The highest BCUT2D eigenvalue weighted by atomic mass is 32.2. The fraction of sp³-hybridized carbons (Fsp3) is 0.762. The Morgan fingerprint density at radius 2 is 1.89 bits per heavy atom. The molecule has 7 heteroatoms. The lowest BCUT2D eigenvalue weighted by atomic mass is 10.0. The zero-order valence-corrected chi connectivity index (χ0v) is 17.5. The summed E-state index contributed by atoms with van der Waals surface area (Å²) in [6.45, 7) is 2.16. The van der Waals surface area contributed by atoms with Crippen molar-refractivity contribution in [3.05, 3.63) is 11.8 Å². The van der Waals surface area contributed by atoms with Crippen LogP contribution in [-0.4, -0.2) is 50.5 Å². The summed E-state index contributed by atoms with van der Waals surface area (Å²) in [7, 11) is 0. The topological polar surface area (TPSA) is 54.3 Å². The molecule has 1 aromatic heterocycles. The molecule has 1 saturated heterocycles. The molecule has 2 saturated carbocycles. The van der Waals surface area contributed by atoms with Crippen LogP contribution in [-0.2, 0) is 4.79 Å². The van der Waals surface area contributed by atoms with Gasteiger partial charge in [0.2, 0.25) is 11.9 Å². The monoisotopic (exact) mass is 401 g/mol. The molecule has 4 aliphatic rings. The van der Waals surface area contributed by atoms with Crippen LogP contribution in [0.2, 0.25) is 0 Å². The van der Waals surface area contributed by atoms with Gasteiger partial charge in [0.15, 0.2) is 5.16 Å². The lowest BCUT2D eigenvalue weighted by Crippen LogP contribution is -2.34. The van der Waals surface area contributed by atoms with Crippen molar-refractivity contribution in [2.45, 2.75) is 87.9 Å². The molecule has 0 spiro atoms. The Bertz CT molecular complexity index is 746. The lowest BCUT2D eigenvalue weighted by Gasteiger charge is -2.28. The molecule has 2 heterocycles. The number of anilines is 1. The summed E-state index contributed by atoms with van der Waals surface area (Å²) in [5.41, 5.74) is 1.28. The zero-order valence-electron chi connectivity index (χ0n) is 16.7. The summed E-state index contributed by atoms with van der Waals surface area (Å²) >= 11 is 1.59. The minimum Gasteiger partial charge on any atom is -0.341 e. The first kappa shape index (κ1) is 18.5. The molecule has 3 aliphatic carbocycles. The zero-order chi connectivity index (χ0) is 18.9. The summed E-state index contributed by atoms with van der Waals surface area (Å²) in [4.78, 5) is 17.6. The van der Waals surface area contributed by atoms with Crippen molar-refractivity contribution in [1.29, 1.82) is 0 Å². The molecule has 1 aromatic rings. The van der Waals surface area contributed by atoms with E-state index in [-0.39, 0.29) is 5.91 Å². The Balaban J connectivity index is 1.29. The molecule has 0 atom stereocenters. The van der Waals surface area contributed by atoms with E-state index in [1.54, 1.807) is 11.8 Å². The Labute approximate surface area is 171 Å². The highest BCUT2D eigenvalue weighted by Crippen LogP contribution is 2.41. The summed E-state index contributed by atoms with van der Waals surface area (Å²) in [5.74, 6) is 1.76. The van der Waals surface area contributed by atoms with Crippen LogP contribution in [0.5, 0.6) is 0 Å². The molecular weight excluding hydrogens is 370 g/mol. The van der Waals surface area contributed by atoms with Gasteiger partial charge in [-0.15, -0.1) is 10.2 Å². The van der Waals surface area contributed by atoms with E-state index >= 15 is 0 Å². The van der Waals surface area contributed by atoms with Crippen LogP contribution in [0.4, 0.5) is 5.95 Å². The molecule has 0 radical (unpaired) electrons. The van der Waals surface area contributed by atoms with Gasteiger partial charge >= 0.3 is 0 Å². The fourth-order valence-electron chi connectivity index (χ4n) is 4.50. The molecule has 1 aliphatic heterocycles. The van der Waals surface area contributed by atoms with Crippen molar-refractivity contribution in [3.63, 3.8) is 0 Å². The average molecular weight is 402 g/mol. The number of rotatable bonds is 7. The number of hydrogen-bond donors (Lipinski definition) is 0. The molecule has 5 rings (SSSR count). The molecule has 0 N–H and O–H groups in total. The third-order valence-electron chi connectivity index (χ3n) is 6.28. The van der Waals surface area contributed by atoms with E-state index in [0.29, 0.717) is 17.8 Å². The predicted molar refractivity (Wildman–Crippen MR) is 112 cm³/mol. The largest absolute Gasteiger partial charge is 0.341 e. The van der Waals surface area contributed by atoms with Crippen LogP contribution < -0.4 is 4.90 Å². The van der Waals surface area contributed by atoms with E-state index in [4.69, 9.17) is 0 Å². The summed E-state index contributed by atoms with van der Waals surface area (Å²) in [5, 5.41) is 9.98. The van der Waals surface area contributed by atoms with E-state index in [0.717, 1.165) is 49.9 Å². The van der Waals surface area contributed by atoms with Crippen molar-refractivity contribution in [1.82, 2.24) is 19.7 Å². The number of nitrogens with zero attached hydrogens (tertiary/aromatic N) is 5. The van der Waals surface area contributed by atoms with Gasteiger partial charge in [-0.1, -0.05) is 17.8 Å². The fourth-order valence-corrected chi connectivity index (χ4v) is 5.36. The number of thioether (sulfide) groups is 1. The van der Waals surface area contributed by atoms with E-state index < -0.39 is 0 Å². The Morgan fingerprint density at radius 3 is 2.57 bits per heavy atom. The minimum atomic E-state index is 0.255. The number of carbonyl (C=O) groups excluding carboxylic acids is 1. The highest BCUT2D eigenvalue weighted by Gasteiger charge is 2.36. The standard InChI is InChI=1S/C21H31N5OS/c27-19(25(17-9-10-17)16-7-3-1-4-8-16)15-28-21-23-22-20(26(21)18-11-12-18)24-13-5-2-6-14-24/h7,17-18H,1-6,8-15H2. The SMILES string of the molecule is O=C(CSc1nnc(N2CCCCC2)n1C1CC1)N(C1=CCCCC1)C1CC1. The van der Waals surface area contributed by atoms with Crippen molar-refractivity contribution in [2.24, 2.45) is 0 Å². The number of piperidine rings is 1. The van der Waals surface area contributed by atoms with Gasteiger partial charge in [-0.2, -0.15) is 0 Å². The van der Waals surface area contributed by atoms with Crippen LogP contribution in [0.3, 0.4) is 0 Å². The number of hydrogen-bond acceptors (Lipinski definition) is 5. The van der Waals surface area contributed by atoms with Gasteiger partial charge in [-0.3, -0.25) is 9.36 Å². The summed E-state index contributed by atoms with van der Waals surface area (Å²) in [6.07, 6.45) is 15.5. The molecule has 28 heavy (non-hydrogen) atoms. The molecule has 3 fully saturated rings. The second-order valence-corrected chi connectivity index (χ2v) is 9.60. The van der Waals surface area contributed by atoms with Crippen molar-refractivity contribution in [2.75, 3.05) is 23.7 Å². The normalized spacial score (nSPS) is 22.9. The first-order valence-electron chi connectivity index (χ1n) is 11.1. The quantitative estimate of drug-likeness (QED) is 0.643. The molecular formula is C21H31N5OS. The van der Waals surface area contributed by atoms with Gasteiger partial charge in [0, 0.05) is 30.9 Å². The number of carbonyl (C=O) groups is 1. The van der Waals surface area contributed by atoms with Crippen molar-refractivity contribution in [3.8, 4) is 0 Å². The van der Waals surface area contributed by atoms with Gasteiger partial charge in [-0.25, -0.2) is 0 Å². The predicted octanol–water partition coefficient (Wildman–Crippen LogP) is 4.14. The van der Waals surface area contributed by atoms with Gasteiger partial charge in [0.1, 0.15) is 0 Å². The van der Waals surface area contributed by atoms with Crippen molar-refractivity contribution < 1.29 is 4.79 Å². The van der Waals surface area contributed by atoms with Gasteiger partial charge in [-0.05, 0) is 70.6 Å².